The number of carbonyl (C=O) groups excluding carboxylic acids is 2. The molecule has 0 radical (unpaired) electrons. The third kappa shape index (κ3) is 5.44. The van der Waals surface area contributed by atoms with Crippen LogP contribution in [0, 0.1) is 6.92 Å². The summed E-state index contributed by atoms with van der Waals surface area (Å²) in [5.74, 6) is -1.05. The molecule has 1 aromatic heterocycles. The Bertz CT molecular complexity index is 1310. The molecule has 0 aliphatic rings. The summed E-state index contributed by atoms with van der Waals surface area (Å²) in [4.78, 5) is 25.8. The molecule has 178 valence electrons. The summed E-state index contributed by atoms with van der Waals surface area (Å²) in [7, 11) is -3.54. The Balaban J connectivity index is 1.79. The number of rotatable bonds is 9. The molecule has 3 aromatic rings. The summed E-state index contributed by atoms with van der Waals surface area (Å²) in [5, 5.41) is 3.14. The van der Waals surface area contributed by atoms with Crippen LogP contribution in [0.3, 0.4) is 0 Å². The lowest BCUT2D eigenvalue weighted by Gasteiger charge is -2.18. The molecule has 3 N–H and O–H groups in total. The van der Waals surface area contributed by atoms with Crippen LogP contribution in [0.15, 0.2) is 65.6 Å². The maximum atomic E-state index is 12.6. The number of amides is 2. The van der Waals surface area contributed by atoms with Gasteiger partial charge in [-0.3, -0.25) is 9.59 Å². The molecule has 9 heteroatoms. The van der Waals surface area contributed by atoms with Crippen molar-refractivity contribution in [3.05, 3.63) is 76.7 Å². The highest BCUT2D eigenvalue weighted by Crippen LogP contribution is 2.39. The van der Waals surface area contributed by atoms with Crippen molar-refractivity contribution in [1.82, 2.24) is 4.31 Å². The number of thiophene rings is 1. The minimum Gasteiger partial charge on any atom is -0.365 e. The smallest absolute Gasteiger partial charge is 0.252 e. The third-order valence-corrected chi connectivity index (χ3v) is 8.37. The number of nitrogens with one attached hydrogen (secondary N) is 1. The Morgan fingerprint density at radius 2 is 1.65 bits per heavy atom. The van der Waals surface area contributed by atoms with Crippen LogP contribution in [-0.2, 0) is 14.8 Å². The van der Waals surface area contributed by atoms with E-state index in [2.05, 4.69) is 5.32 Å². The van der Waals surface area contributed by atoms with Crippen molar-refractivity contribution >= 4 is 44.3 Å². The average Bonchev–Trinajstić information content (AvgIpc) is 3.14. The second-order valence-corrected chi connectivity index (χ2v) is 10.6. The minimum atomic E-state index is -3.54. The van der Waals surface area contributed by atoms with E-state index in [1.54, 1.807) is 32.1 Å². The van der Waals surface area contributed by atoms with Gasteiger partial charge in [-0.25, -0.2) is 8.42 Å². The number of carbonyl (C=O) groups is 2. The second kappa shape index (κ2) is 10.8. The lowest BCUT2D eigenvalue weighted by Crippen LogP contribution is -2.30. The van der Waals surface area contributed by atoms with E-state index in [4.69, 9.17) is 5.73 Å². The summed E-state index contributed by atoms with van der Waals surface area (Å²) in [6, 6.07) is 15.7. The van der Waals surface area contributed by atoms with Gasteiger partial charge >= 0.3 is 0 Å². The number of nitrogens with two attached hydrogens (primary N) is 1. The van der Waals surface area contributed by atoms with E-state index in [1.165, 1.54) is 33.9 Å². The highest BCUT2D eigenvalue weighted by Gasteiger charge is 2.23. The molecule has 1 heterocycles. The predicted octanol–water partition coefficient (Wildman–Crippen LogP) is 4.50. The SMILES string of the molecule is CCN(CC)S(=O)(=O)c1ccc(/C=C/C(=O)Nc2sc(C)c(-c3ccccc3)c2C(N)=O)cc1. The molecule has 0 aliphatic heterocycles. The number of anilines is 1. The monoisotopic (exact) mass is 497 g/mol. The van der Waals surface area contributed by atoms with Gasteiger partial charge in [0.05, 0.1) is 10.5 Å². The molecule has 0 atom stereocenters. The van der Waals surface area contributed by atoms with Crippen LogP contribution in [-0.4, -0.2) is 37.6 Å². The second-order valence-electron chi connectivity index (χ2n) is 7.45. The van der Waals surface area contributed by atoms with Crippen molar-refractivity contribution in [1.29, 1.82) is 0 Å². The van der Waals surface area contributed by atoms with Crippen LogP contribution in [0.4, 0.5) is 5.00 Å². The van der Waals surface area contributed by atoms with Crippen molar-refractivity contribution in [3.8, 4) is 11.1 Å². The van der Waals surface area contributed by atoms with Crippen LogP contribution in [0.1, 0.15) is 34.6 Å². The van der Waals surface area contributed by atoms with E-state index < -0.39 is 21.8 Å². The molecule has 3 rings (SSSR count). The molecule has 7 nitrogen and oxygen atoms in total. The molecule has 0 unspecified atom stereocenters. The standard InChI is InChI=1S/C25H27N3O4S2/c1-4-28(5-2)34(31,32)20-14-11-18(12-15-20)13-16-21(29)27-25-23(24(26)30)22(17(3)33-25)19-9-7-6-8-10-19/h6-16H,4-5H2,1-3H3,(H2,26,30)(H,27,29)/b16-13+. The lowest BCUT2D eigenvalue weighted by molar-refractivity contribution is -0.111. The highest BCUT2D eigenvalue weighted by atomic mass is 32.2. The van der Waals surface area contributed by atoms with E-state index >= 15 is 0 Å². The van der Waals surface area contributed by atoms with Crippen molar-refractivity contribution < 1.29 is 18.0 Å². The number of sulfonamides is 1. The fraction of sp³-hybridized carbons (Fsp3) is 0.200. The zero-order valence-corrected chi connectivity index (χ0v) is 20.9. The van der Waals surface area contributed by atoms with Gasteiger partial charge in [-0.1, -0.05) is 56.3 Å². The van der Waals surface area contributed by atoms with Crippen LogP contribution in [0.25, 0.3) is 17.2 Å². The van der Waals surface area contributed by atoms with Gasteiger partial charge in [-0.2, -0.15) is 4.31 Å². The fourth-order valence-electron chi connectivity index (χ4n) is 3.61. The molecule has 0 fully saturated rings. The maximum absolute atomic E-state index is 12.6. The molecule has 2 aromatic carbocycles. The molecule has 0 bridgehead atoms. The quantitative estimate of drug-likeness (QED) is 0.424. The van der Waals surface area contributed by atoms with Crippen LogP contribution in [0.2, 0.25) is 0 Å². The summed E-state index contributed by atoms with van der Waals surface area (Å²) < 4.78 is 26.6. The number of aryl methyl sites for hydroxylation is 1. The first-order valence-electron chi connectivity index (χ1n) is 10.8. The van der Waals surface area contributed by atoms with Gasteiger partial charge in [0.2, 0.25) is 15.9 Å². The Hall–Kier alpha value is -3.27. The first-order chi connectivity index (χ1) is 16.2. The summed E-state index contributed by atoms with van der Waals surface area (Å²) >= 11 is 1.29. The van der Waals surface area contributed by atoms with Crippen molar-refractivity contribution in [2.75, 3.05) is 18.4 Å². The predicted molar refractivity (Wildman–Crippen MR) is 137 cm³/mol. The van der Waals surface area contributed by atoms with Crippen LogP contribution < -0.4 is 11.1 Å². The molecule has 0 spiro atoms. The lowest BCUT2D eigenvalue weighted by atomic mass is 10.0. The number of nitrogens with zero attached hydrogens (tertiary/aromatic N) is 1. The number of benzene rings is 2. The van der Waals surface area contributed by atoms with E-state index in [0.29, 0.717) is 29.2 Å². The Morgan fingerprint density at radius 1 is 1.03 bits per heavy atom. The van der Waals surface area contributed by atoms with Gasteiger partial charge in [0.1, 0.15) is 5.00 Å². The largest absolute Gasteiger partial charge is 0.365 e. The highest BCUT2D eigenvalue weighted by molar-refractivity contribution is 7.89. The topological polar surface area (TPSA) is 110 Å². The molecule has 34 heavy (non-hydrogen) atoms. The van der Waals surface area contributed by atoms with E-state index in [1.807, 2.05) is 37.3 Å². The van der Waals surface area contributed by atoms with Gasteiger partial charge in [0.15, 0.2) is 0 Å². The Morgan fingerprint density at radius 3 is 2.21 bits per heavy atom. The van der Waals surface area contributed by atoms with E-state index in [9.17, 15) is 18.0 Å². The molecule has 0 saturated carbocycles. The summed E-state index contributed by atoms with van der Waals surface area (Å²) in [6.45, 7) is 6.24. The number of hydrogen-bond acceptors (Lipinski definition) is 5. The average molecular weight is 498 g/mol. The molecular formula is C25H27N3O4S2. The number of primary amides is 1. The van der Waals surface area contributed by atoms with Gasteiger partial charge < -0.3 is 11.1 Å². The normalized spacial score (nSPS) is 11.8. The first kappa shape index (κ1) is 25.4. The fourth-order valence-corrected chi connectivity index (χ4v) is 6.15. The molecule has 0 saturated heterocycles. The van der Waals surface area contributed by atoms with Crippen molar-refractivity contribution in [3.63, 3.8) is 0 Å². The maximum Gasteiger partial charge on any atom is 0.252 e. The zero-order valence-electron chi connectivity index (χ0n) is 19.2. The first-order valence-corrected chi connectivity index (χ1v) is 13.0. The molecule has 2 amide bonds. The van der Waals surface area contributed by atoms with E-state index in [-0.39, 0.29) is 10.5 Å². The van der Waals surface area contributed by atoms with Crippen molar-refractivity contribution in [2.24, 2.45) is 5.73 Å². The number of hydrogen-bond donors (Lipinski definition) is 2. The van der Waals surface area contributed by atoms with Crippen LogP contribution >= 0.6 is 11.3 Å². The van der Waals surface area contributed by atoms with Gasteiger partial charge in [0.25, 0.3) is 5.91 Å². The van der Waals surface area contributed by atoms with Crippen molar-refractivity contribution in [2.45, 2.75) is 25.7 Å². The van der Waals surface area contributed by atoms with Gasteiger partial charge in [0, 0.05) is 29.6 Å². The summed E-state index contributed by atoms with van der Waals surface area (Å²) in [5.41, 5.74) is 8.14. The Kier molecular flexibility index (Phi) is 8.03. The Labute approximate surface area is 204 Å². The molecular weight excluding hydrogens is 470 g/mol. The molecule has 0 aliphatic carbocycles. The zero-order chi connectivity index (χ0) is 24.9. The third-order valence-electron chi connectivity index (χ3n) is 5.28. The minimum absolute atomic E-state index is 0.200. The van der Waals surface area contributed by atoms with Gasteiger partial charge in [-0.15, -0.1) is 11.3 Å². The van der Waals surface area contributed by atoms with E-state index in [0.717, 1.165) is 10.4 Å². The van der Waals surface area contributed by atoms with Gasteiger partial charge in [-0.05, 0) is 36.3 Å². The summed E-state index contributed by atoms with van der Waals surface area (Å²) in [6.07, 6.45) is 2.90. The van der Waals surface area contributed by atoms with Crippen LogP contribution in [0.5, 0.6) is 0 Å².